The van der Waals surface area contributed by atoms with Crippen LogP contribution in [0.25, 0.3) is 0 Å². The smallest absolute Gasteiger partial charge is 0.106 e. The highest BCUT2D eigenvalue weighted by molar-refractivity contribution is 5.02. The van der Waals surface area contributed by atoms with E-state index in [0.717, 1.165) is 0 Å². The van der Waals surface area contributed by atoms with Crippen molar-refractivity contribution in [1.29, 1.82) is 0 Å². The van der Waals surface area contributed by atoms with Crippen LogP contribution in [0.3, 0.4) is 0 Å². The highest BCUT2D eigenvalue weighted by Gasteiger charge is 2.54. The molecule has 2 aliphatic carbocycles. The van der Waals surface area contributed by atoms with Gasteiger partial charge in [0.05, 0.1) is 42.7 Å². The summed E-state index contributed by atoms with van der Waals surface area (Å²) in [6, 6.07) is 0. The van der Waals surface area contributed by atoms with Crippen LogP contribution in [0.4, 0.5) is 0 Å². The molecule has 3 aliphatic rings. The molecule has 7 heteroatoms. The Hall–Kier alpha value is -0.280. The van der Waals surface area contributed by atoms with Gasteiger partial charge in [-0.2, -0.15) is 0 Å². The lowest BCUT2D eigenvalue weighted by Crippen LogP contribution is -2.62. The van der Waals surface area contributed by atoms with E-state index in [4.69, 9.17) is 4.74 Å². The zero-order chi connectivity index (χ0) is 17.8. The van der Waals surface area contributed by atoms with E-state index >= 15 is 0 Å². The molecule has 7 nitrogen and oxygen atoms in total. The second-order valence-electron chi connectivity index (χ2n) is 8.08. The number of hydrogen-bond donors (Lipinski definition) is 6. The molecule has 1 heterocycles. The van der Waals surface area contributed by atoms with E-state index in [1.807, 2.05) is 13.8 Å². The molecular weight excluding hydrogens is 316 g/mol. The first-order chi connectivity index (χ1) is 11.2. The average Bonchev–Trinajstić information content (AvgIpc) is 2.52. The van der Waals surface area contributed by atoms with Crippen LogP contribution in [0, 0.1) is 23.7 Å². The van der Waals surface area contributed by atoms with Crippen LogP contribution in [0.2, 0.25) is 0 Å². The normalized spacial score (nSPS) is 59.0. The van der Waals surface area contributed by atoms with Gasteiger partial charge in [-0.15, -0.1) is 0 Å². The third kappa shape index (κ3) is 3.00. The molecular formula is C17H30O7. The maximum atomic E-state index is 10.7. The molecule has 10 atom stereocenters. The largest absolute Gasteiger partial charge is 0.393 e. The molecule has 1 saturated heterocycles. The van der Waals surface area contributed by atoms with Gasteiger partial charge in [0.15, 0.2) is 0 Å². The van der Waals surface area contributed by atoms with Crippen molar-refractivity contribution in [2.24, 2.45) is 23.7 Å². The van der Waals surface area contributed by atoms with Gasteiger partial charge in [0.2, 0.25) is 0 Å². The minimum atomic E-state index is -1.18. The van der Waals surface area contributed by atoms with Gasteiger partial charge in [0.1, 0.15) is 6.10 Å². The predicted octanol–water partition coefficient (Wildman–Crippen LogP) is -1.38. The lowest BCUT2D eigenvalue weighted by molar-refractivity contribution is -0.256. The Balaban J connectivity index is 1.80. The minimum Gasteiger partial charge on any atom is -0.393 e. The SMILES string of the molecule is CC1C(O)CC(O)C2C(C)C(O)C(C3CC(O)C(O)C(O)C3)OC12. The number of fused-ring (bicyclic) bond motifs is 1. The monoisotopic (exact) mass is 346 g/mol. The number of rotatable bonds is 1. The van der Waals surface area contributed by atoms with Gasteiger partial charge in [-0.05, 0) is 31.1 Å². The number of aliphatic hydroxyl groups is 6. The second-order valence-corrected chi connectivity index (χ2v) is 8.08. The van der Waals surface area contributed by atoms with Crippen LogP contribution in [0.1, 0.15) is 33.1 Å². The van der Waals surface area contributed by atoms with E-state index in [1.165, 1.54) is 0 Å². The highest BCUT2D eigenvalue weighted by atomic mass is 16.5. The summed E-state index contributed by atoms with van der Waals surface area (Å²) < 4.78 is 6.12. The fourth-order valence-corrected chi connectivity index (χ4v) is 4.97. The molecule has 3 rings (SSSR count). The van der Waals surface area contributed by atoms with E-state index in [9.17, 15) is 30.6 Å². The second kappa shape index (κ2) is 6.79. The molecule has 0 bridgehead atoms. The van der Waals surface area contributed by atoms with Gasteiger partial charge in [-0.25, -0.2) is 0 Å². The van der Waals surface area contributed by atoms with Crippen molar-refractivity contribution in [2.75, 3.05) is 0 Å². The molecule has 1 aliphatic heterocycles. The van der Waals surface area contributed by atoms with Crippen molar-refractivity contribution in [3.63, 3.8) is 0 Å². The third-order valence-electron chi connectivity index (χ3n) is 6.57. The Morgan fingerprint density at radius 3 is 1.79 bits per heavy atom. The first-order valence-electron chi connectivity index (χ1n) is 8.96. The lowest BCUT2D eigenvalue weighted by Gasteiger charge is -2.54. The maximum absolute atomic E-state index is 10.7. The van der Waals surface area contributed by atoms with Crippen molar-refractivity contribution >= 4 is 0 Å². The van der Waals surface area contributed by atoms with E-state index < -0.39 is 42.7 Å². The molecule has 140 valence electrons. The van der Waals surface area contributed by atoms with Crippen molar-refractivity contribution < 1.29 is 35.4 Å². The Morgan fingerprint density at radius 1 is 0.625 bits per heavy atom. The molecule has 0 radical (unpaired) electrons. The van der Waals surface area contributed by atoms with Gasteiger partial charge in [-0.1, -0.05) is 13.8 Å². The Kier molecular flexibility index (Phi) is 5.24. The van der Waals surface area contributed by atoms with E-state index in [1.54, 1.807) is 0 Å². The number of aliphatic hydroxyl groups excluding tert-OH is 6. The zero-order valence-electron chi connectivity index (χ0n) is 14.1. The summed E-state index contributed by atoms with van der Waals surface area (Å²) in [6.07, 6.45) is -5.72. The number of hydrogen-bond acceptors (Lipinski definition) is 7. The van der Waals surface area contributed by atoms with E-state index in [0.29, 0.717) is 0 Å². The fourth-order valence-electron chi connectivity index (χ4n) is 4.97. The van der Waals surface area contributed by atoms with Crippen molar-refractivity contribution in [3.05, 3.63) is 0 Å². The molecule has 0 spiro atoms. The summed E-state index contributed by atoms with van der Waals surface area (Å²) in [5.41, 5.74) is 0. The van der Waals surface area contributed by atoms with Crippen LogP contribution in [0.15, 0.2) is 0 Å². The molecule has 0 aromatic carbocycles. The van der Waals surface area contributed by atoms with E-state index in [-0.39, 0.29) is 49.0 Å². The Labute approximate surface area is 141 Å². The fraction of sp³-hybridized carbons (Fsp3) is 1.00. The highest BCUT2D eigenvalue weighted by Crippen LogP contribution is 2.45. The van der Waals surface area contributed by atoms with Gasteiger partial charge in [0.25, 0.3) is 0 Å². The summed E-state index contributed by atoms with van der Waals surface area (Å²) in [5.74, 6) is -0.932. The van der Waals surface area contributed by atoms with Crippen LogP contribution >= 0.6 is 0 Å². The predicted molar refractivity (Wildman–Crippen MR) is 83.9 cm³/mol. The van der Waals surface area contributed by atoms with Gasteiger partial charge >= 0.3 is 0 Å². The Bertz CT molecular complexity index is 435. The quantitative estimate of drug-likeness (QED) is 0.345. The molecule has 2 saturated carbocycles. The maximum Gasteiger partial charge on any atom is 0.106 e. The topological polar surface area (TPSA) is 131 Å². The molecule has 0 amide bonds. The first-order valence-corrected chi connectivity index (χ1v) is 8.96. The summed E-state index contributed by atoms with van der Waals surface area (Å²) in [5, 5.41) is 60.8. The summed E-state index contributed by atoms with van der Waals surface area (Å²) in [4.78, 5) is 0. The first kappa shape index (κ1) is 18.5. The molecule has 0 aromatic rings. The zero-order valence-corrected chi connectivity index (χ0v) is 14.1. The summed E-state index contributed by atoms with van der Waals surface area (Å²) in [7, 11) is 0. The summed E-state index contributed by atoms with van der Waals surface area (Å²) >= 11 is 0. The van der Waals surface area contributed by atoms with Crippen molar-refractivity contribution in [2.45, 2.75) is 81.9 Å². The van der Waals surface area contributed by atoms with Crippen molar-refractivity contribution in [3.8, 4) is 0 Å². The van der Waals surface area contributed by atoms with Crippen LogP contribution in [-0.4, -0.2) is 79.5 Å². The van der Waals surface area contributed by atoms with Crippen LogP contribution in [0.5, 0.6) is 0 Å². The average molecular weight is 346 g/mol. The van der Waals surface area contributed by atoms with Gasteiger partial charge in [0, 0.05) is 11.8 Å². The van der Waals surface area contributed by atoms with Gasteiger partial charge < -0.3 is 35.4 Å². The molecule has 24 heavy (non-hydrogen) atoms. The minimum absolute atomic E-state index is 0.167. The molecule has 3 fully saturated rings. The van der Waals surface area contributed by atoms with Crippen LogP contribution in [-0.2, 0) is 4.74 Å². The third-order valence-corrected chi connectivity index (χ3v) is 6.57. The van der Waals surface area contributed by atoms with E-state index in [2.05, 4.69) is 0 Å². The lowest BCUT2D eigenvalue weighted by atomic mass is 9.65. The molecule has 0 aromatic heterocycles. The Morgan fingerprint density at radius 2 is 1.21 bits per heavy atom. The molecule has 10 unspecified atom stereocenters. The van der Waals surface area contributed by atoms with Gasteiger partial charge in [-0.3, -0.25) is 0 Å². The molecule has 6 N–H and O–H groups in total. The summed E-state index contributed by atoms with van der Waals surface area (Å²) in [6.45, 7) is 3.75. The standard InChI is InChI=1S/C17H30O7/c1-6-9(18)5-10(19)13-7(2)14(22)17(24-16(6)13)8-3-11(20)15(23)12(21)4-8/h6-23H,3-5H2,1-2H3. The van der Waals surface area contributed by atoms with Crippen molar-refractivity contribution in [1.82, 2.24) is 0 Å². The number of ether oxygens (including phenoxy) is 1. The van der Waals surface area contributed by atoms with Crippen LogP contribution < -0.4 is 0 Å².